The Kier molecular flexibility index (Phi) is 8.13. The number of sulfone groups is 1. The molecule has 1 atom stereocenters. The van der Waals surface area contributed by atoms with E-state index in [4.69, 9.17) is 9.47 Å². The van der Waals surface area contributed by atoms with Crippen molar-refractivity contribution in [3.05, 3.63) is 12.7 Å². The van der Waals surface area contributed by atoms with Crippen LogP contribution in [-0.2, 0) is 28.9 Å². The van der Waals surface area contributed by atoms with Crippen LogP contribution in [0.1, 0.15) is 27.2 Å². The highest BCUT2D eigenvalue weighted by molar-refractivity contribution is 7.92. The molecule has 0 aromatic heterocycles. The van der Waals surface area contributed by atoms with Crippen molar-refractivity contribution in [2.75, 3.05) is 19.0 Å². The van der Waals surface area contributed by atoms with Gasteiger partial charge in [0.2, 0.25) is 0 Å². The second kappa shape index (κ2) is 8.73. The smallest absolute Gasteiger partial charge is 0.330 e. The van der Waals surface area contributed by atoms with Gasteiger partial charge in [-0.05, 0) is 20.3 Å². The van der Waals surface area contributed by atoms with Crippen LogP contribution >= 0.6 is 0 Å². The highest BCUT2D eigenvalue weighted by Crippen LogP contribution is 2.06. The van der Waals surface area contributed by atoms with Crippen LogP contribution in [0.2, 0.25) is 0 Å². The van der Waals surface area contributed by atoms with Gasteiger partial charge < -0.3 is 9.47 Å². The van der Waals surface area contributed by atoms with Crippen LogP contribution in [0.25, 0.3) is 0 Å². The highest BCUT2D eigenvalue weighted by Gasteiger charge is 2.22. The first kappa shape index (κ1) is 18.6. The van der Waals surface area contributed by atoms with Gasteiger partial charge in [0.05, 0.1) is 18.5 Å². The summed E-state index contributed by atoms with van der Waals surface area (Å²) in [4.78, 5) is 22.4. The molecule has 1 unspecified atom stereocenters. The van der Waals surface area contributed by atoms with Gasteiger partial charge in [0.1, 0.15) is 5.75 Å². The van der Waals surface area contributed by atoms with E-state index in [9.17, 15) is 18.0 Å². The number of carbonyl (C=O) groups excluding carboxylic acids is 2. The summed E-state index contributed by atoms with van der Waals surface area (Å²) in [5, 5.41) is -0.620. The molecule has 0 aliphatic carbocycles. The molecule has 0 fully saturated rings. The van der Waals surface area contributed by atoms with Crippen molar-refractivity contribution < 1.29 is 27.5 Å². The molecule has 0 aliphatic heterocycles. The van der Waals surface area contributed by atoms with Gasteiger partial charge in [-0.1, -0.05) is 13.5 Å². The minimum Gasteiger partial charge on any atom is -0.464 e. The van der Waals surface area contributed by atoms with Crippen molar-refractivity contribution in [2.45, 2.75) is 32.4 Å². The Morgan fingerprint density at radius 1 is 1.20 bits per heavy atom. The molecule has 20 heavy (non-hydrogen) atoms. The van der Waals surface area contributed by atoms with Crippen LogP contribution in [0.15, 0.2) is 12.7 Å². The van der Waals surface area contributed by atoms with E-state index in [2.05, 4.69) is 6.58 Å². The van der Waals surface area contributed by atoms with E-state index in [1.807, 2.05) is 6.92 Å². The highest BCUT2D eigenvalue weighted by atomic mass is 32.2. The van der Waals surface area contributed by atoms with Crippen molar-refractivity contribution in [1.29, 1.82) is 0 Å². The number of carbonyl (C=O) groups is 2. The summed E-state index contributed by atoms with van der Waals surface area (Å²) in [6.07, 6.45) is 1.68. The minimum absolute atomic E-state index is 0.0212. The first-order valence-corrected chi connectivity index (χ1v) is 8.10. The number of hydrogen-bond acceptors (Lipinski definition) is 6. The van der Waals surface area contributed by atoms with Gasteiger partial charge in [-0.3, -0.25) is 4.79 Å². The molecule has 0 spiro atoms. The topological polar surface area (TPSA) is 86.7 Å². The number of rotatable bonds is 9. The van der Waals surface area contributed by atoms with E-state index >= 15 is 0 Å². The molecular formula is C13H22O6S. The third kappa shape index (κ3) is 7.28. The van der Waals surface area contributed by atoms with Gasteiger partial charge in [0.15, 0.2) is 9.84 Å². The standard InChI is InChI=1S/C13H22O6S/c1-5-11(7-18-12(14)6-2)8-19-13(15)9-20(16,17)10(3)4/h6,10-11H,2,5,7-9H2,1,3-4H3. The fraction of sp³-hybridized carbons (Fsp3) is 0.692. The zero-order chi connectivity index (χ0) is 15.8. The Balaban J connectivity index is 4.21. The van der Waals surface area contributed by atoms with E-state index in [1.54, 1.807) is 0 Å². The van der Waals surface area contributed by atoms with Crippen molar-refractivity contribution in [2.24, 2.45) is 5.92 Å². The Bertz CT molecular complexity index is 438. The van der Waals surface area contributed by atoms with Gasteiger partial charge >= 0.3 is 11.9 Å². The normalized spacial score (nSPS) is 12.8. The fourth-order valence-electron chi connectivity index (χ4n) is 1.13. The lowest BCUT2D eigenvalue weighted by molar-refractivity contribution is -0.144. The monoisotopic (exact) mass is 306 g/mol. The third-order valence-corrected chi connectivity index (χ3v) is 4.80. The quantitative estimate of drug-likeness (QED) is 0.468. The molecule has 7 heteroatoms. The maximum atomic E-state index is 11.5. The molecule has 116 valence electrons. The van der Waals surface area contributed by atoms with Gasteiger partial charge in [-0.15, -0.1) is 0 Å². The van der Waals surface area contributed by atoms with E-state index in [1.165, 1.54) is 13.8 Å². The van der Waals surface area contributed by atoms with Crippen molar-refractivity contribution in [1.82, 2.24) is 0 Å². The molecule has 6 nitrogen and oxygen atoms in total. The molecule has 0 amide bonds. The zero-order valence-electron chi connectivity index (χ0n) is 12.1. The fourth-order valence-corrected chi connectivity index (χ4v) is 1.87. The maximum Gasteiger partial charge on any atom is 0.330 e. The van der Waals surface area contributed by atoms with Crippen molar-refractivity contribution >= 4 is 21.8 Å². The lowest BCUT2D eigenvalue weighted by Crippen LogP contribution is -2.27. The molecule has 0 aliphatic rings. The van der Waals surface area contributed by atoms with E-state index < -0.39 is 32.8 Å². The number of hydrogen-bond donors (Lipinski definition) is 0. The first-order valence-electron chi connectivity index (χ1n) is 6.39. The minimum atomic E-state index is -3.45. The SMILES string of the molecule is C=CC(=O)OCC(CC)COC(=O)CS(=O)(=O)C(C)C. The second-order valence-corrected chi connectivity index (χ2v) is 7.20. The Hall–Kier alpha value is -1.37. The van der Waals surface area contributed by atoms with E-state index in [0.29, 0.717) is 6.42 Å². The predicted molar refractivity (Wildman–Crippen MR) is 74.8 cm³/mol. The summed E-state index contributed by atoms with van der Waals surface area (Å²) in [5.74, 6) is -2.12. The summed E-state index contributed by atoms with van der Waals surface area (Å²) in [5.41, 5.74) is 0. The summed E-state index contributed by atoms with van der Waals surface area (Å²) in [7, 11) is -3.45. The number of esters is 2. The van der Waals surface area contributed by atoms with Crippen LogP contribution < -0.4 is 0 Å². The molecular weight excluding hydrogens is 284 g/mol. The van der Waals surface area contributed by atoms with Gasteiger partial charge in [-0.25, -0.2) is 13.2 Å². The molecule has 0 radical (unpaired) electrons. The van der Waals surface area contributed by atoms with Crippen LogP contribution in [0.3, 0.4) is 0 Å². The maximum absolute atomic E-state index is 11.5. The van der Waals surface area contributed by atoms with Crippen LogP contribution in [0.5, 0.6) is 0 Å². The Morgan fingerprint density at radius 3 is 2.20 bits per heavy atom. The molecule has 0 rings (SSSR count). The molecule has 0 saturated carbocycles. The molecule has 0 N–H and O–H groups in total. The molecule has 0 bridgehead atoms. The largest absolute Gasteiger partial charge is 0.464 e. The van der Waals surface area contributed by atoms with Crippen LogP contribution in [-0.4, -0.2) is 44.6 Å². The zero-order valence-corrected chi connectivity index (χ0v) is 12.9. The summed E-state index contributed by atoms with van der Waals surface area (Å²) >= 11 is 0. The average Bonchev–Trinajstić information content (AvgIpc) is 2.37. The third-order valence-electron chi connectivity index (χ3n) is 2.72. The summed E-state index contributed by atoms with van der Waals surface area (Å²) in [6.45, 7) is 8.26. The van der Waals surface area contributed by atoms with Gasteiger partial charge in [-0.2, -0.15) is 0 Å². The van der Waals surface area contributed by atoms with Crippen LogP contribution in [0.4, 0.5) is 0 Å². The van der Waals surface area contributed by atoms with Crippen LogP contribution in [0, 0.1) is 5.92 Å². The number of ether oxygens (including phenoxy) is 2. The Morgan fingerprint density at radius 2 is 1.75 bits per heavy atom. The molecule has 0 aromatic rings. The molecule has 0 saturated heterocycles. The lowest BCUT2D eigenvalue weighted by atomic mass is 10.1. The summed E-state index contributed by atoms with van der Waals surface area (Å²) < 4.78 is 32.8. The Labute approximate surface area is 120 Å². The molecule has 0 heterocycles. The average molecular weight is 306 g/mol. The van der Waals surface area contributed by atoms with Crippen molar-refractivity contribution in [3.63, 3.8) is 0 Å². The van der Waals surface area contributed by atoms with Gasteiger partial charge in [0.25, 0.3) is 0 Å². The van der Waals surface area contributed by atoms with Gasteiger partial charge in [0, 0.05) is 12.0 Å². The predicted octanol–water partition coefficient (Wildman–Crippen LogP) is 1.11. The van der Waals surface area contributed by atoms with E-state index in [0.717, 1.165) is 6.08 Å². The first-order chi connectivity index (χ1) is 9.22. The van der Waals surface area contributed by atoms with E-state index in [-0.39, 0.29) is 19.1 Å². The molecule has 0 aromatic carbocycles. The lowest BCUT2D eigenvalue weighted by Gasteiger charge is -2.15. The van der Waals surface area contributed by atoms with Crippen molar-refractivity contribution in [3.8, 4) is 0 Å². The second-order valence-electron chi connectivity index (χ2n) is 4.65. The summed E-state index contributed by atoms with van der Waals surface area (Å²) in [6, 6.07) is 0.